The molecule has 1 fully saturated rings. The number of ether oxygens (including phenoxy) is 1. The fourth-order valence-electron chi connectivity index (χ4n) is 3.94. The third kappa shape index (κ3) is 6.32. The Kier molecular flexibility index (Phi) is 8.23. The maximum atomic E-state index is 13.7. The molecule has 7 nitrogen and oxygen atoms in total. The zero-order chi connectivity index (χ0) is 24.6. The quantitative estimate of drug-likeness (QED) is 0.474. The van der Waals surface area contributed by atoms with Crippen molar-refractivity contribution in [3.05, 3.63) is 88.4 Å². The number of nitrogens with zero attached hydrogens (tertiary/aromatic N) is 1. The second kappa shape index (κ2) is 11.7. The molecule has 35 heavy (non-hydrogen) atoms. The lowest BCUT2D eigenvalue weighted by molar-refractivity contribution is -0.126. The molecule has 2 heterocycles. The molecule has 0 spiro atoms. The highest BCUT2D eigenvalue weighted by Gasteiger charge is 2.33. The van der Waals surface area contributed by atoms with E-state index in [4.69, 9.17) is 4.74 Å². The fraction of sp³-hybridized carbons (Fsp3) is 0.269. The highest BCUT2D eigenvalue weighted by atomic mass is 32.1. The summed E-state index contributed by atoms with van der Waals surface area (Å²) in [6.45, 7) is 0.645. The molecule has 1 aliphatic rings. The minimum Gasteiger partial charge on any atom is -0.376 e. The van der Waals surface area contributed by atoms with Gasteiger partial charge in [-0.1, -0.05) is 36.4 Å². The van der Waals surface area contributed by atoms with Gasteiger partial charge in [0.2, 0.25) is 11.8 Å². The van der Waals surface area contributed by atoms with Gasteiger partial charge in [0.1, 0.15) is 11.9 Å². The number of amides is 3. The first kappa shape index (κ1) is 24.6. The lowest BCUT2D eigenvalue weighted by atomic mass is 10.0. The summed E-state index contributed by atoms with van der Waals surface area (Å²) in [4.78, 5) is 41.2. The molecular formula is C26H26FN3O4S. The Balaban J connectivity index is 1.62. The van der Waals surface area contributed by atoms with Crippen molar-refractivity contribution < 1.29 is 23.5 Å². The van der Waals surface area contributed by atoms with E-state index in [1.165, 1.54) is 40.5 Å². The molecule has 0 radical (unpaired) electrons. The summed E-state index contributed by atoms with van der Waals surface area (Å²) in [6.07, 6.45) is 1.72. The van der Waals surface area contributed by atoms with Crippen LogP contribution in [0, 0.1) is 5.82 Å². The largest absolute Gasteiger partial charge is 0.376 e. The Hall–Kier alpha value is -3.56. The van der Waals surface area contributed by atoms with Crippen molar-refractivity contribution in [2.45, 2.75) is 25.0 Å². The van der Waals surface area contributed by atoms with Crippen LogP contribution in [0.1, 0.15) is 34.1 Å². The SMILES string of the molecule is O=C(NCC(=O)N(c1ccc(F)cc1)[C@H](C(=O)NC[C@@H]1CCCO1)c1ccccc1)c1cccs1. The average molecular weight is 496 g/mol. The molecule has 0 saturated carbocycles. The molecule has 4 rings (SSSR count). The normalized spacial score (nSPS) is 15.9. The van der Waals surface area contributed by atoms with Crippen molar-refractivity contribution in [3.8, 4) is 0 Å². The summed E-state index contributed by atoms with van der Waals surface area (Å²) in [5, 5.41) is 7.30. The second-order valence-corrected chi connectivity index (χ2v) is 9.04. The predicted molar refractivity (Wildman–Crippen MR) is 132 cm³/mol. The first-order valence-corrected chi connectivity index (χ1v) is 12.2. The van der Waals surface area contributed by atoms with E-state index in [1.54, 1.807) is 41.8 Å². The summed E-state index contributed by atoms with van der Waals surface area (Å²) in [6, 6.07) is 16.6. The molecule has 0 unspecified atom stereocenters. The van der Waals surface area contributed by atoms with Gasteiger partial charge in [-0.05, 0) is 54.1 Å². The number of rotatable bonds is 9. The number of benzene rings is 2. The van der Waals surface area contributed by atoms with E-state index in [-0.39, 0.29) is 18.6 Å². The van der Waals surface area contributed by atoms with E-state index < -0.39 is 23.7 Å². The Morgan fingerprint density at radius 3 is 2.46 bits per heavy atom. The minimum atomic E-state index is -1.03. The van der Waals surface area contributed by atoms with Crippen molar-refractivity contribution in [3.63, 3.8) is 0 Å². The van der Waals surface area contributed by atoms with Crippen LogP contribution in [0.25, 0.3) is 0 Å². The van der Waals surface area contributed by atoms with Crippen LogP contribution in [0.4, 0.5) is 10.1 Å². The van der Waals surface area contributed by atoms with Crippen LogP contribution in [0.2, 0.25) is 0 Å². The summed E-state index contributed by atoms with van der Waals surface area (Å²) in [5.74, 6) is -1.76. The van der Waals surface area contributed by atoms with Crippen LogP contribution in [-0.2, 0) is 14.3 Å². The third-order valence-corrected chi connectivity index (χ3v) is 6.54. The smallest absolute Gasteiger partial charge is 0.261 e. The maximum Gasteiger partial charge on any atom is 0.261 e. The number of halogens is 1. The number of anilines is 1. The first-order valence-electron chi connectivity index (χ1n) is 11.4. The average Bonchev–Trinajstić information content (AvgIpc) is 3.60. The first-order chi connectivity index (χ1) is 17.0. The van der Waals surface area contributed by atoms with Gasteiger partial charge in [-0.15, -0.1) is 11.3 Å². The van der Waals surface area contributed by atoms with Gasteiger partial charge in [0.05, 0.1) is 17.5 Å². The van der Waals surface area contributed by atoms with Gasteiger partial charge in [0, 0.05) is 18.8 Å². The van der Waals surface area contributed by atoms with E-state index in [9.17, 15) is 18.8 Å². The lowest BCUT2D eigenvalue weighted by Gasteiger charge is -2.32. The van der Waals surface area contributed by atoms with Crippen LogP contribution in [-0.4, -0.2) is 43.5 Å². The molecule has 2 aromatic carbocycles. The van der Waals surface area contributed by atoms with E-state index in [1.807, 2.05) is 6.07 Å². The molecule has 1 aromatic heterocycles. The number of carbonyl (C=O) groups excluding carboxylic acids is 3. The standard InChI is InChI=1S/C26H26FN3O4S/c27-19-10-12-20(13-11-19)30(23(31)17-29-25(32)22-9-5-15-35-22)24(18-6-2-1-3-7-18)26(33)28-16-21-8-4-14-34-21/h1-3,5-7,9-13,15,21,24H,4,8,14,16-17H2,(H,28,33)(H,29,32)/t21-,24-/m0/s1. The molecule has 9 heteroatoms. The molecule has 2 atom stereocenters. The number of carbonyl (C=O) groups is 3. The van der Waals surface area contributed by atoms with Crippen LogP contribution < -0.4 is 15.5 Å². The summed E-state index contributed by atoms with van der Waals surface area (Å²) in [7, 11) is 0. The van der Waals surface area contributed by atoms with E-state index in [0.29, 0.717) is 29.3 Å². The van der Waals surface area contributed by atoms with Gasteiger partial charge >= 0.3 is 0 Å². The monoisotopic (exact) mass is 495 g/mol. The van der Waals surface area contributed by atoms with Gasteiger partial charge in [-0.3, -0.25) is 19.3 Å². The molecule has 2 N–H and O–H groups in total. The fourth-order valence-corrected chi connectivity index (χ4v) is 4.58. The Bertz CT molecular complexity index is 1130. The molecule has 1 saturated heterocycles. The molecule has 1 aliphatic heterocycles. The summed E-state index contributed by atoms with van der Waals surface area (Å²) >= 11 is 1.26. The molecule has 3 aromatic rings. The van der Waals surface area contributed by atoms with Gasteiger partial charge in [-0.25, -0.2) is 4.39 Å². The van der Waals surface area contributed by atoms with Gasteiger partial charge in [0.25, 0.3) is 5.91 Å². The van der Waals surface area contributed by atoms with Crippen molar-refractivity contribution in [2.75, 3.05) is 24.6 Å². The Morgan fingerprint density at radius 1 is 1.03 bits per heavy atom. The molecular weight excluding hydrogens is 469 g/mol. The van der Waals surface area contributed by atoms with E-state index in [2.05, 4.69) is 10.6 Å². The summed E-state index contributed by atoms with van der Waals surface area (Å²) in [5.41, 5.74) is 0.919. The highest BCUT2D eigenvalue weighted by molar-refractivity contribution is 7.12. The number of hydrogen-bond acceptors (Lipinski definition) is 5. The predicted octanol–water partition coefficient (Wildman–Crippen LogP) is 3.69. The minimum absolute atomic E-state index is 0.0737. The van der Waals surface area contributed by atoms with Crippen molar-refractivity contribution in [2.24, 2.45) is 0 Å². The molecule has 0 bridgehead atoms. The number of hydrogen-bond donors (Lipinski definition) is 2. The van der Waals surface area contributed by atoms with E-state index in [0.717, 1.165) is 12.8 Å². The summed E-state index contributed by atoms with van der Waals surface area (Å²) < 4.78 is 19.3. The van der Waals surface area contributed by atoms with Crippen LogP contribution in [0.15, 0.2) is 72.1 Å². The van der Waals surface area contributed by atoms with Crippen molar-refractivity contribution in [1.82, 2.24) is 10.6 Å². The van der Waals surface area contributed by atoms with Crippen molar-refractivity contribution in [1.29, 1.82) is 0 Å². The van der Waals surface area contributed by atoms with Crippen LogP contribution in [0.5, 0.6) is 0 Å². The van der Waals surface area contributed by atoms with Crippen LogP contribution in [0.3, 0.4) is 0 Å². The molecule has 3 amide bonds. The molecule has 182 valence electrons. The van der Waals surface area contributed by atoms with Gasteiger partial charge in [0.15, 0.2) is 0 Å². The van der Waals surface area contributed by atoms with Crippen molar-refractivity contribution >= 4 is 34.7 Å². The Morgan fingerprint density at radius 2 is 1.80 bits per heavy atom. The van der Waals surface area contributed by atoms with Gasteiger partial charge < -0.3 is 15.4 Å². The second-order valence-electron chi connectivity index (χ2n) is 8.09. The number of nitrogens with one attached hydrogen (secondary N) is 2. The zero-order valence-corrected chi connectivity index (χ0v) is 19.8. The maximum absolute atomic E-state index is 13.7. The molecule has 0 aliphatic carbocycles. The third-order valence-electron chi connectivity index (χ3n) is 5.67. The van der Waals surface area contributed by atoms with Gasteiger partial charge in [-0.2, -0.15) is 0 Å². The van der Waals surface area contributed by atoms with Crippen LogP contribution >= 0.6 is 11.3 Å². The number of thiophene rings is 1. The van der Waals surface area contributed by atoms with E-state index >= 15 is 0 Å². The zero-order valence-electron chi connectivity index (χ0n) is 19.0. The lowest BCUT2D eigenvalue weighted by Crippen LogP contribution is -2.48. The Labute approximate surface area is 206 Å². The highest BCUT2D eigenvalue weighted by Crippen LogP contribution is 2.28. The topological polar surface area (TPSA) is 87.7 Å².